The molecule has 0 bridgehead atoms. The lowest BCUT2D eigenvalue weighted by Crippen LogP contribution is -1.93. The van der Waals surface area contributed by atoms with Gasteiger partial charge in [-0.2, -0.15) is 0 Å². The van der Waals surface area contributed by atoms with Crippen LogP contribution in [0.4, 0.5) is 0 Å². The molecule has 0 saturated heterocycles. The summed E-state index contributed by atoms with van der Waals surface area (Å²) in [5.74, 6) is 0. The van der Waals surface area contributed by atoms with Crippen LogP contribution >= 0.6 is 0 Å². The smallest absolute Gasteiger partial charge is 0.0708 e. The lowest BCUT2D eigenvalue weighted by atomic mass is 9.83. The minimum atomic E-state index is 1.01. The Morgan fingerprint density at radius 2 is 0.305 bits per heavy atom. The van der Waals surface area contributed by atoms with Gasteiger partial charge in [0.1, 0.15) is 0 Å². The van der Waals surface area contributed by atoms with E-state index in [-0.39, 0.29) is 0 Å². The first-order chi connectivity index (χ1) is 63.5. The third-order valence-electron chi connectivity index (χ3n) is 29.1. The molecule has 0 aliphatic heterocycles. The van der Waals surface area contributed by atoms with E-state index in [0.717, 1.165) is 5.52 Å². The van der Waals surface area contributed by atoms with Gasteiger partial charge in [0.2, 0.25) is 0 Å². The van der Waals surface area contributed by atoms with E-state index >= 15 is 0 Å². The zero-order chi connectivity index (χ0) is 83.2. The van der Waals surface area contributed by atoms with Gasteiger partial charge in [-0.05, 0) is 330 Å². The lowest BCUT2D eigenvalue weighted by Gasteiger charge is -2.20. The van der Waals surface area contributed by atoms with Gasteiger partial charge in [-0.1, -0.05) is 352 Å². The van der Waals surface area contributed by atoms with E-state index in [1.807, 2.05) is 31.0 Å². The summed E-state index contributed by atoms with van der Waals surface area (Å²) in [7, 11) is 0. The van der Waals surface area contributed by atoms with Crippen molar-refractivity contribution < 1.29 is 0 Å². The highest BCUT2D eigenvalue weighted by Gasteiger charge is 2.26. The number of aromatic nitrogens is 3. The fourth-order valence-corrected chi connectivity index (χ4v) is 23.5. The minimum Gasteiger partial charge on any atom is -0.265 e. The van der Waals surface area contributed by atoms with Crippen LogP contribution in [0.2, 0.25) is 0 Å². The Labute approximate surface area is 733 Å². The summed E-state index contributed by atoms with van der Waals surface area (Å²) in [4.78, 5) is 13.3. The maximum atomic E-state index is 4.69. The summed E-state index contributed by atoms with van der Waals surface area (Å²) in [5, 5.41) is 50.3. The third kappa shape index (κ3) is 9.79. The number of hydrogen-bond donors (Lipinski definition) is 0. The quantitative estimate of drug-likeness (QED) is 0.142. The van der Waals surface area contributed by atoms with Crippen molar-refractivity contribution in [1.29, 1.82) is 0 Å². The number of nitrogens with zero attached hydrogens (tertiary/aromatic N) is 3. The van der Waals surface area contributed by atoms with E-state index in [0.29, 0.717) is 0 Å². The molecule has 0 fully saturated rings. The van der Waals surface area contributed by atoms with Crippen molar-refractivity contribution in [2.45, 2.75) is 0 Å². The number of pyridine rings is 3. The van der Waals surface area contributed by atoms with Crippen LogP contribution < -0.4 is 0 Å². The molecule has 0 spiro atoms. The molecule has 0 aliphatic rings. The zero-order valence-corrected chi connectivity index (χ0v) is 69.2. The summed E-state index contributed by atoms with van der Waals surface area (Å²) in [6.45, 7) is 0. The van der Waals surface area contributed by atoms with Crippen molar-refractivity contribution in [3.63, 3.8) is 0 Å². The maximum Gasteiger partial charge on any atom is 0.0708 e. The first-order valence-electron chi connectivity index (χ1n) is 44.4. The van der Waals surface area contributed by atoms with E-state index < -0.39 is 0 Å². The van der Waals surface area contributed by atoms with Crippen molar-refractivity contribution in [1.82, 2.24) is 15.0 Å². The molecule has 0 N–H and O–H groups in total. The van der Waals surface area contributed by atoms with Crippen molar-refractivity contribution in [3.8, 4) is 89.0 Å². The van der Waals surface area contributed by atoms with Crippen LogP contribution in [0.5, 0.6) is 0 Å². The standard InChI is InChI=1S/C63H35N.C62H34N2/c1-2-6-44-36(4-1)5-3-7-46(44)47-21-9-40-17-29-55-50(24-11-41-16-27-53(47)60(40)61(41)55)51-25-13-43-18-30-56-49(23-12-42-19-31-57(51)63(43)62(42)56)48-22-10-39-14-26-52-45(37-32-34-64-35-33-37)20-8-38-15-28-54(48)59(39)58(38)52;1-2-4-56-49(3-1)48(31-34-64-56)47-22-12-41-15-25-52-44(21-11-40-16-26-53(47)62(41)61(40)52)46-19-9-37-6-5-36-8-18-45(54-27-28-55(46)59(37)58(36)54)43-20-10-39-13-23-50-42(35-29-32-63-33-30-35)17-7-38-14-24-51(43)60(39)57(38)50/h1-35H;1-34H. The fourth-order valence-electron chi connectivity index (χ4n) is 23.5. The molecule has 0 amide bonds. The maximum absolute atomic E-state index is 4.69. The second-order valence-electron chi connectivity index (χ2n) is 35.3. The summed E-state index contributed by atoms with van der Waals surface area (Å²) in [5.41, 5.74) is 21.0. The van der Waals surface area contributed by atoms with Crippen molar-refractivity contribution >= 4 is 216 Å². The number of benzene rings is 27. The van der Waals surface area contributed by atoms with Crippen molar-refractivity contribution in [2.24, 2.45) is 0 Å². The number of rotatable bonds is 8. The summed E-state index contributed by atoms with van der Waals surface area (Å²) >= 11 is 0. The molecule has 0 unspecified atom stereocenters. The molecular weight excluding hydrogens is 1540 g/mol. The van der Waals surface area contributed by atoms with Crippen molar-refractivity contribution in [2.75, 3.05) is 0 Å². The highest BCUT2D eigenvalue weighted by molar-refractivity contribution is 6.37. The SMILES string of the molecule is c1ccc2c(-c3ccc4ccc5c(-c6ccc7ccc8c(-c9ccc%10ccc%11c(-c%12ccncc%12)ccc%12ccc9c%10c%12%11)ccc9ccc6c7c98)ccc6ccc3c4c65)cccc2c1.c1ccc2c(-c3ccc4ccc5c(-c6ccc7ccc8ccc(-c9ccc%10ccc%11c(-c%12ccncc%12)ccc%12ccc9c%10c%12%11)c9ccc6c7c89)ccc6ccc3c4c65)ccnc2c1. The van der Waals surface area contributed by atoms with Gasteiger partial charge >= 0.3 is 0 Å². The molecule has 0 radical (unpaired) electrons. The predicted octanol–water partition coefficient (Wildman–Crippen LogP) is 34.6. The molecular formula is C125H69N3. The van der Waals surface area contributed by atoms with Crippen LogP contribution in [0, 0.1) is 0 Å². The van der Waals surface area contributed by atoms with Crippen LogP contribution in [0.1, 0.15) is 0 Å². The van der Waals surface area contributed by atoms with Crippen LogP contribution in [0.15, 0.2) is 419 Å². The second-order valence-corrected chi connectivity index (χ2v) is 35.3. The molecule has 3 nitrogen and oxygen atoms in total. The average Bonchev–Trinajstić information content (AvgIpc) is 0.544. The Kier molecular flexibility index (Phi) is 14.3. The monoisotopic (exact) mass is 1610 g/mol. The van der Waals surface area contributed by atoms with E-state index in [1.165, 1.54) is 299 Å². The van der Waals surface area contributed by atoms with Crippen LogP contribution in [-0.4, -0.2) is 15.0 Å². The van der Waals surface area contributed by atoms with Gasteiger partial charge in [-0.15, -0.1) is 0 Å². The minimum absolute atomic E-state index is 1.01. The van der Waals surface area contributed by atoms with Gasteiger partial charge in [-0.25, -0.2) is 0 Å². The third-order valence-corrected chi connectivity index (χ3v) is 29.1. The molecule has 0 atom stereocenters. The molecule has 30 aromatic rings. The van der Waals surface area contributed by atoms with Gasteiger partial charge in [0.05, 0.1) is 5.52 Å². The Bertz CT molecular complexity index is 9440. The van der Waals surface area contributed by atoms with E-state index in [2.05, 4.69) is 403 Å². The molecule has 3 heterocycles. The molecule has 128 heavy (non-hydrogen) atoms. The number of hydrogen-bond acceptors (Lipinski definition) is 3. The Morgan fingerprint density at radius 1 is 0.109 bits per heavy atom. The number of para-hydroxylation sites is 1. The van der Waals surface area contributed by atoms with E-state index in [9.17, 15) is 0 Å². The molecule has 30 rings (SSSR count). The first-order valence-corrected chi connectivity index (χ1v) is 44.4. The largest absolute Gasteiger partial charge is 0.265 e. The van der Waals surface area contributed by atoms with E-state index in [4.69, 9.17) is 0 Å². The van der Waals surface area contributed by atoms with Crippen LogP contribution in [0.25, 0.3) is 305 Å². The molecule has 0 saturated carbocycles. The molecule has 3 aromatic heterocycles. The van der Waals surface area contributed by atoms with Gasteiger partial charge in [0, 0.05) is 36.4 Å². The molecule has 584 valence electrons. The van der Waals surface area contributed by atoms with E-state index in [1.54, 1.807) is 0 Å². The van der Waals surface area contributed by atoms with Crippen LogP contribution in [-0.2, 0) is 0 Å². The highest BCUT2D eigenvalue weighted by Crippen LogP contribution is 2.54. The first kappa shape index (κ1) is 69.6. The highest BCUT2D eigenvalue weighted by atomic mass is 14.6. The lowest BCUT2D eigenvalue weighted by molar-refractivity contribution is 1.33. The second kappa shape index (κ2) is 26.4. The van der Waals surface area contributed by atoms with Gasteiger partial charge in [0.25, 0.3) is 0 Å². The summed E-state index contributed by atoms with van der Waals surface area (Å²) in [6, 6.07) is 146. The van der Waals surface area contributed by atoms with Crippen LogP contribution in [0.3, 0.4) is 0 Å². The zero-order valence-electron chi connectivity index (χ0n) is 69.2. The normalized spacial score (nSPS) is 12.4. The Morgan fingerprint density at radius 3 is 0.586 bits per heavy atom. The van der Waals surface area contributed by atoms with Gasteiger partial charge in [-0.3, -0.25) is 15.0 Å². The summed E-state index contributed by atoms with van der Waals surface area (Å²) < 4.78 is 0. The molecule has 0 aliphatic carbocycles. The Hall–Kier alpha value is -16.9. The average molecular weight is 1610 g/mol. The molecule has 27 aromatic carbocycles. The fraction of sp³-hybridized carbons (Fsp3) is 0. The van der Waals surface area contributed by atoms with Crippen molar-refractivity contribution in [3.05, 3.63) is 419 Å². The number of fused-ring (bicyclic) bond motifs is 2. The topological polar surface area (TPSA) is 38.7 Å². The Balaban J connectivity index is 0.000000127. The van der Waals surface area contributed by atoms with Gasteiger partial charge in [0.15, 0.2) is 0 Å². The predicted molar refractivity (Wildman–Crippen MR) is 547 cm³/mol. The van der Waals surface area contributed by atoms with Gasteiger partial charge < -0.3 is 0 Å². The molecule has 3 heteroatoms. The summed E-state index contributed by atoms with van der Waals surface area (Å²) in [6.07, 6.45) is 9.48.